The van der Waals surface area contributed by atoms with Crippen molar-refractivity contribution in [3.05, 3.63) is 53.8 Å². The van der Waals surface area contributed by atoms with Gasteiger partial charge in [0.05, 0.1) is 7.11 Å². The van der Waals surface area contributed by atoms with E-state index in [9.17, 15) is 4.39 Å². The lowest BCUT2D eigenvalue weighted by atomic mass is 9.50. The van der Waals surface area contributed by atoms with Crippen LogP contribution in [0.4, 0.5) is 4.39 Å². The topological polar surface area (TPSA) is 9.23 Å². The summed E-state index contributed by atoms with van der Waals surface area (Å²) in [7, 11) is 1.58. The Kier molecular flexibility index (Phi) is 4.54. The van der Waals surface area contributed by atoms with Crippen LogP contribution in [0.15, 0.2) is 42.5 Å². The summed E-state index contributed by atoms with van der Waals surface area (Å²) in [5.41, 5.74) is 3.95. The van der Waals surface area contributed by atoms with Crippen LogP contribution in [-0.4, -0.2) is 7.11 Å². The van der Waals surface area contributed by atoms with Crippen LogP contribution in [0.5, 0.6) is 5.75 Å². The van der Waals surface area contributed by atoms with Crippen molar-refractivity contribution in [2.75, 3.05) is 7.11 Å². The molecule has 0 amide bonds. The third-order valence-corrected chi connectivity index (χ3v) is 7.15. The van der Waals surface area contributed by atoms with Gasteiger partial charge in [-0.3, -0.25) is 0 Å². The van der Waals surface area contributed by atoms with Crippen LogP contribution < -0.4 is 4.74 Å². The zero-order chi connectivity index (χ0) is 18.2. The first-order valence-electron chi connectivity index (χ1n) is 10.0. The van der Waals surface area contributed by atoms with Crippen LogP contribution in [0.2, 0.25) is 0 Å². The van der Waals surface area contributed by atoms with Crippen molar-refractivity contribution in [2.24, 2.45) is 5.41 Å². The second-order valence-corrected chi connectivity index (χ2v) is 8.42. The Morgan fingerprint density at radius 2 is 1.62 bits per heavy atom. The summed E-state index contributed by atoms with van der Waals surface area (Å²) in [4.78, 5) is 0. The van der Waals surface area contributed by atoms with E-state index >= 15 is 0 Å². The van der Waals surface area contributed by atoms with Gasteiger partial charge >= 0.3 is 0 Å². The Morgan fingerprint density at radius 1 is 0.923 bits per heavy atom. The molecule has 0 spiro atoms. The van der Waals surface area contributed by atoms with Gasteiger partial charge in [-0.1, -0.05) is 37.6 Å². The summed E-state index contributed by atoms with van der Waals surface area (Å²) in [6.07, 6.45) is 10.4. The lowest BCUT2D eigenvalue weighted by Crippen LogP contribution is -2.44. The van der Waals surface area contributed by atoms with Crippen molar-refractivity contribution in [2.45, 2.75) is 63.7 Å². The third kappa shape index (κ3) is 2.84. The fourth-order valence-corrected chi connectivity index (χ4v) is 5.59. The SMILES string of the molecule is CCCC12CCC(c3ccccc3-c3ccc(OC)cc3F)(CC1)CC2. The van der Waals surface area contributed by atoms with E-state index in [1.54, 1.807) is 7.11 Å². The normalized spacial score (nSPS) is 27.5. The summed E-state index contributed by atoms with van der Waals surface area (Å²) in [5, 5.41) is 0. The number of ether oxygens (including phenoxy) is 1. The number of halogens is 1. The number of fused-ring (bicyclic) bond motifs is 3. The highest BCUT2D eigenvalue weighted by atomic mass is 19.1. The van der Waals surface area contributed by atoms with Gasteiger partial charge in [-0.2, -0.15) is 0 Å². The van der Waals surface area contributed by atoms with Crippen LogP contribution in [0.3, 0.4) is 0 Å². The van der Waals surface area contributed by atoms with E-state index in [1.165, 1.54) is 63.0 Å². The van der Waals surface area contributed by atoms with E-state index in [-0.39, 0.29) is 11.2 Å². The van der Waals surface area contributed by atoms with E-state index in [4.69, 9.17) is 4.74 Å². The highest BCUT2D eigenvalue weighted by Crippen LogP contribution is 2.60. The molecule has 3 saturated carbocycles. The molecule has 0 atom stereocenters. The van der Waals surface area contributed by atoms with Crippen LogP contribution in [-0.2, 0) is 5.41 Å². The molecule has 5 rings (SSSR count). The fourth-order valence-electron chi connectivity index (χ4n) is 5.59. The second-order valence-electron chi connectivity index (χ2n) is 8.42. The molecule has 2 bridgehead atoms. The monoisotopic (exact) mass is 352 g/mol. The molecule has 26 heavy (non-hydrogen) atoms. The van der Waals surface area contributed by atoms with E-state index in [1.807, 2.05) is 18.2 Å². The van der Waals surface area contributed by atoms with Gasteiger partial charge in [-0.25, -0.2) is 4.39 Å². The smallest absolute Gasteiger partial charge is 0.134 e. The standard InChI is InChI=1S/C24H29FO/c1-3-10-23-11-14-24(15-12-23,16-13-23)21-7-5-4-6-19(21)20-9-8-18(26-2)17-22(20)25/h4-9,17H,3,10-16H2,1-2H3. The van der Waals surface area contributed by atoms with E-state index in [2.05, 4.69) is 25.1 Å². The van der Waals surface area contributed by atoms with Crippen molar-refractivity contribution < 1.29 is 9.13 Å². The predicted octanol–water partition coefficient (Wildman–Crippen LogP) is 6.89. The Labute approximate surface area is 156 Å². The number of hydrogen-bond acceptors (Lipinski definition) is 1. The number of methoxy groups -OCH3 is 1. The lowest BCUT2D eigenvalue weighted by Gasteiger charge is -2.54. The van der Waals surface area contributed by atoms with Gasteiger partial charge < -0.3 is 4.74 Å². The summed E-state index contributed by atoms with van der Waals surface area (Å²) < 4.78 is 20.0. The van der Waals surface area contributed by atoms with Crippen molar-refractivity contribution in [3.8, 4) is 16.9 Å². The molecule has 0 heterocycles. The molecule has 2 heteroatoms. The van der Waals surface area contributed by atoms with Gasteiger partial charge in [0.25, 0.3) is 0 Å². The minimum absolute atomic E-state index is 0.194. The van der Waals surface area contributed by atoms with Gasteiger partial charge in [-0.05, 0) is 79.0 Å². The Balaban J connectivity index is 1.72. The van der Waals surface area contributed by atoms with Gasteiger partial charge in [0.15, 0.2) is 0 Å². The molecule has 0 aromatic heterocycles. The van der Waals surface area contributed by atoms with E-state index < -0.39 is 0 Å². The molecule has 1 nitrogen and oxygen atoms in total. The molecule has 0 N–H and O–H groups in total. The predicted molar refractivity (Wildman–Crippen MR) is 105 cm³/mol. The maximum Gasteiger partial charge on any atom is 0.134 e. The van der Waals surface area contributed by atoms with E-state index in [0.717, 1.165) is 5.56 Å². The molecule has 3 aliphatic rings. The molecular formula is C24H29FO. The molecule has 0 unspecified atom stereocenters. The largest absolute Gasteiger partial charge is 0.497 e. The maximum atomic E-state index is 14.8. The minimum atomic E-state index is -0.194. The maximum absolute atomic E-state index is 14.8. The molecule has 3 aliphatic carbocycles. The van der Waals surface area contributed by atoms with Crippen LogP contribution in [0, 0.1) is 11.2 Å². The average molecular weight is 352 g/mol. The summed E-state index contributed by atoms with van der Waals surface area (Å²) in [5.74, 6) is 0.377. The van der Waals surface area contributed by atoms with Gasteiger partial charge in [0.1, 0.15) is 11.6 Å². The van der Waals surface area contributed by atoms with Crippen LogP contribution in [0.25, 0.3) is 11.1 Å². The Hall–Kier alpha value is -1.83. The van der Waals surface area contributed by atoms with E-state index in [0.29, 0.717) is 16.7 Å². The Morgan fingerprint density at radius 3 is 2.23 bits per heavy atom. The highest BCUT2D eigenvalue weighted by molar-refractivity contribution is 5.70. The molecule has 0 saturated heterocycles. The first kappa shape index (κ1) is 17.6. The molecule has 2 aromatic rings. The van der Waals surface area contributed by atoms with Gasteiger partial charge in [0.2, 0.25) is 0 Å². The summed E-state index contributed by atoms with van der Waals surface area (Å²) >= 11 is 0. The quantitative estimate of drug-likeness (QED) is 0.569. The van der Waals surface area contributed by atoms with Crippen molar-refractivity contribution in [3.63, 3.8) is 0 Å². The van der Waals surface area contributed by atoms with Gasteiger partial charge in [-0.15, -0.1) is 0 Å². The fraction of sp³-hybridized carbons (Fsp3) is 0.500. The molecule has 0 aliphatic heterocycles. The minimum Gasteiger partial charge on any atom is -0.497 e. The molecule has 138 valence electrons. The second kappa shape index (κ2) is 6.72. The van der Waals surface area contributed by atoms with Crippen molar-refractivity contribution in [1.29, 1.82) is 0 Å². The zero-order valence-corrected chi connectivity index (χ0v) is 16.0. The molecule has 0 radical (unpaired) electrons. The number of hydrogen-bond donors (Lipinski definition) is 0. The first-order chi connectivity index (χ1) is 12.6. The number of rotatable bonds is 5. The third-order valence-electron chi connectivity index (χ3n) is 7.15. The molecule has 2 aromatic carbocycles. The average Bonchev–Trinajstić information content (AvgIpc) is 2.69. The van der Waals surface area contributed by atoms with Gasteiger partial charge in [0, 0.05) is 11.6 Å². The van der Waals surface area contributed by atoms with Crippen molar-refractivity contribution in [1.82, 2.24) is 0 Å². The molecule has 3 fully saturated rings. The Bertz CT molecular complexity index is 770. The van der Waals surface area contributed by atoms with Crippen LogP contribution in [0.1, 0.15) is 63.9 Å². The summed E-state index contributed by atoms with van der Waals surface area (Å²) in [6.45, 7) is 2.31. The summed E-state index contributed by atoms with van der Waals surface area (Å²) in [6, 6.07) is 13.7. The van der Waals surface area contributed by atoms with Crippen LogP contribution >= 0.6 is 0 Å². The molecular weight excluding hydrogens is 323 g/mol. The first-order valence-corrected chi connectivity index (χ1v) is 10.0. The highest BCUT2D eigenvalue weighted by Gasteiger charge is 2.49. The van der Waals surface area contributed by atoms with Crippen molar-refractivity contribution >= 4 is 0 Å². The number of benzene rings is 2. The lowest BCUT2D eigenvalue weighted by molar-refractivity contribution is 0.0323. The zero-order valence-electron chi connectivity index (χ0n) is 16.0.